The largest absolute Gasteiger partial charge is 0.508 e. The first-order valence-corrected chi connectivity index (χ1v) is 9.68. The lowest BCUT2D eigenvalue weighted by Gasteiger charge is -2.46. The summed E-state index contributed by atoms with van der Waals surface area (Å²) >= 11 is 0. The van der Waals surface area contributed by atoms with Gasteiger partial charge in [-0.15, -0.1) is 0 Å². The zero-order valence-corrected chi connectivity index (χ0v) is 15.1. The molecule has 1 N–H and O–H groups in total. The molecule has 0 bridgehead atoms. The first-order valence-electron chi connectivity index (χ1n) is 9.68. The third kappa shape index (κ3) is 3.03. The molecule has 24 heavy (non-hydrogen) atoms. The molecular weight excluding hydrogens is 296 g/mol. The van der Waals surface area contributed by atoms with Crippen molar-refractivity contribution in [2.75, 3.05) is 0 Å². The molecule has 3 rings (SSSR count). The Morgan fingerprint density at radius 3 is 2.71 bits per heavy atom. The van der Waals surface area contributed by atoms with E-state index in [2.05, 4.69) is 19.9 Å². The van der Waals surface area contributed by atoms with E-state index in [0.717, 1.165) is 44.9 Å². The van der Waals surface area contributed by atoms with Crippen LogP contribution in [-0.4, -0.2) is 10.9 Å². The van der Waals surface area contributed by atoms with E-state index in [1.54, 1.807) is 0 Å². The number of benzene rings is 1. The highest BCUT2D eigenvalue weighted by molar-refractivity contribution is 5.94. The number of aryl methyl sites for hydroxylation is 1. The Hall–Kier alpha value is -1.57. The Bertz CT molecular complexity index is 643. The van der Waals surface area contributed by atoms with E-state index in [9.17, 15) is 9.90 Å². The average molecular weight is 326 g/mol. The molecule has 2 aliphatic carbocycles. The molecule has 0 radical (unpaired) electrons. The van der Waals surface area contributed by atoms with Gasteiger partial charge < -0.3 is 5.11 Å². The molecule has 2 atom stereocenters. The summed E-state index contributed by atoms with van der Waals surface area (Å²) in [4.78, 5) is 12.6. The van der Waals surface area contributed by atoms with Crippen LogP contribution >= 0.6 is 0 Å². The van der Waals surface area contributed by atoms with Crippen LogP contribution in [-0.2, 0) is 16.6 Å². The van der Waals surface area contributed by atoms with E-state index in [1.807, 2.05) is 18.2 Å². The number of rotatable bonds is 6. The molecule has 0 saturated carbocycles. The molecule has 1 aromatic carbocycles. The number of carbonyl (C=O) groups is 1. The van der Waals surface area contributed by atoms with Gasteiger partial charge in [-0.1, -0.05) is 51.2 Å². The van der Waals surface area contributed by atoms with Gasteiger partial charge in [0.1, 0.15) is 5.75 Å². The Balaban J connectivity index is 2.04. The zero-order chi connectivity index (χ0) is 17.2. The number of allylic oxidation sites excluding steroid dienone is 2. The van der Waals surface area contributed by atoms with Crippen molar-refractivity contribution in [1.82, 2.24) is 0 Å². The second-order valence-corrected chi connectivity index (χ2v) is 7.64. The quantitative estimate of drug-likeness (QED) is 0.752. The Morgan fingerprint density at radius 2 is 1.96 bits per heavy atom. The van der Waals surface area contributed by atoms with Crippen LogP contribution in [0.2, 0.25) is 0 Å². The Morgan fingerprint density at radius 1 is 1.17 bits per heavy atom. The maximum Gasteiger partial charge on any atom is 0.158 e. The molecule has 130 valence electrons. The SMILES string of the molecule is CCCCC1CC2(CCCC)C(=CC1=O)CCc1cc(O)ccc12. The molecule has 2 aliphatic rings. The van der Waals surface area contributed by atoms with Crippen molar-refractivity contribution in [3.63, 3.8) is 0 Å². The minimum atomic E-state index is 0.0314. The van der Waals surface area contributed by atoms with Gasteiger partial charge in [0.15, 0.2) is 5.78 Å². The summed E-state index contributed by atoms with van der Waals surface area (Å²) < 4.78 is 0. The molecule has 0 aromatic heterocycles. The van der Waals surface area contributed by atoms with Crippen LogP contribution in [0.25, 0.3) is 0 Å². The highest BCUT2D eigenvalue weighted by atomic mass is 16.3. The van der Waals surface area contributed by atoms with Crippen LogP contribution in [0.1, 0.15) is 76.3 Å². The smallest absolute Gasteiger partial charge is 0.158 e. The molecule has 2 nitrogen and oxygen atoms in total. The molecule has 0 spiro atoms. The summed E-state index contributed by atoms with van der Waals surface area (Å²) in [7, 11) is 0. The molecular formula is C22H30O2. The minimum Gasteiger partial charge on any atom is -0.508 e. The van der Waals surface area contributed by atoms with Crippen molar-refractivity contribution in [3.8, 4) is 5.75 Å². The van der Waals surface area contributed by atoms with Crippen LogP contribution in [0.3, 0.4) is 0 Å². The number of phenolic OH excluding ortho intramolecular Hbond substituents is 1. The standard InChI is InChI=1S/C22H30O2/c1-3-5-7-17-15-22(12-6-4-2)18(14-21(17)24)9-8-16-13-19(23)10-11-20(16)22/h10-11,13-14,17,23H,3-9,12,15H2,1-2H3. The van der Waals surface area contributed by atoms with E-state index in [0.29, 0.717) is 11.5 Å². The number of aromatic hydroxyl groups is 1. The summed E-state index contributed by atoms with van der Waals surface area (Å²) in [6.07, 6.45) is 11.7. The fraction of sp³-hybridized carbons (Fsp3) is 0.591. The molecule has 2 unspecified atom stereocenters. The van der Waals surface area contributed by atoms with Gasteiger partial charge in [-0.05, 0) is 61.4 Å². The number of carbonyl (C=O) groups excluding carboxylic acids is 1. The molecule has 0 aliphatic heterocycles. The molecule has 0 heterocycles. The van der Waals surface area contributed by atoms with Crippen molar-refractivity contribution in [1.29, 1.82) is 0 Å². The van der Waals surface area contributed by atoms with Gasteiger partial charge >= 0.3 is 0 Å². The van der Waals surface area contributed by atoms with Crippen molar-refractivity contribution < 1.29 is 9.90 Å². The summed E-state index contributed by atoms with van der Waals surface area (Å²) in [6, 6.07) is 5.89. The minimum absolute atomic E-state index is 0.0314. The molecule has 0 saturated heterocycles. The zero-order valence-electron chi connectivity index (χ0n) is 15.1. The summed E-state index contributed by atoms with van der Waals surface area (Å²) in [6.45, 7) is 4.43. The fourth-order valence-electron chi connectivity index (χ4n) is 4.77. The number of hydrogen-bond donors (Lipinski definition) is 1. The summed E-state index contributed by atoms with van der Waals surface area (Å²) in [5, 5.41) is 9.89. The highest BCUT2D eigenvalue weighted by Crippen LogP contribution is 2.52. The third-order valence-corrected chi connectivity index (χ3v) is 6.06. The summed E-state index contributed by atoms with van der Waals surface area (Å²) in [5.41, 5.74) is 4.04. The van der Waals surface area contributed by atoms with Gasteiger partial charge in [-0.3, -0.25) is 4.79 Å². The molecule has 1 aromatic rings. The monoisotopic (exact) mass is 326 g/mol. The number of hydrogen-bond acceptors (Lipinski definition) is 2. The van der Waals surface area contributed by atoms with Gasteiger partial charge in [0.2, 0.25) is 0 Å². The van der Waals surface area contributed by atoms with Crippen LogP contribution in [0.5, 0.6) is 5.75 Å². The van der Waals surface area contributed by atoms with Gasteiger partial charge in [-0.2, -0.15) is 0 Å². The highest BCUT2D eigenvalue weighted by Gasteiger charge is 2.45. The van der Waals surface area contributed by atoms with Gasteiger partial charge in [-0.25, -0.2) is 0 Å². The predicted molar refractivity (Wildman–Crippen MR) is 98.4 cm³/mol. The third-order valence-electron chi connectivity index (χ3n) is 6.06. The van der Waals surface area contributed by atoms with Crippen molar-refractivity contribution in [2.45, 2.75) is 77.0 Å². The fourth-order valence-corrected chi connectivity index (χ4v) is 4.77. The molecule has 0 amide bonds. The van der Waals surface area contributed by atoms with E-state index in [-0.39, 0.29) is 11.3 Å². The Kier molecular flexibility index (Phi) is 5.12. The first kappa shape index (κ1) is 17.3. The van der Waals surface area contributed by atoms with Crippen molar-refractivity contribution in [2.24, 2.45) is 5.92 Å². The lowest BCUT2D eigenvalue weighted by molar-refractivity contribution is -0.119. The van der Waals surface area contributed by atoms with Crippen LogP contribution in [0.15, 0.2) is 29.8 Å². The van der Waals surface area contributed by atoms with Crippen molar-refractivity contribution >= 4 is 5.78 Å². The predicted octanol–water partition coefficient (Wildman–Crippen LogP) is 5.47. The maximum atomic E-state index is 12.6. The number of phenols is 1. The number of ketones is 1. The maximum absolute atomic E-state index is 12.6. The number of fused-ring (bicyclic) bond motifs is 3. The van der Waals surface area contributed by atoms with Crippen molar-refractivity contribution in [3.05, 3.63) is 41.0 Å². The average Bonchev–Trinajstić information content (AvgIpc) is 2.58. The second kappa shape index (κ2) is 7.13. The number of unbranched alkanes of at least 4 members (excludes halogenated alkanes) is 2. The van der Waals surface area contributed by atoms with E-state index in [1.165, 1.54) is 29.5 Å². The van der Waals surface area contributed by atoms with Gasteiger partial charge in [0.25, 0.3) is 0 Å². The topological polar surface area (TPSA) is 37.3 Å². The van der Waals surface area contributed by atoms with Gasteiger partial charge in [0.05, 0.1) is 0 Å². The van der Waals surface area contributed by atoms with Crippen LogP contribution < -0.4 is 0 Å². The van der Waals surface area contributed by atoms with E-state index in [4.69, 9.17) is 0 Å². The van der Waals surface area contributed by atoms with Crippen LogP contribution in [0, 0.1) is 5.92 Å². The van der Waals surface area contributed by atoms with E-state index < -0.39 is 0 Å². The second-order valence-electron chi connectivity index (χ2n) is 7.64. The first-order chi connectivity index (χ1) is 11.6. The molecule has 2 heteroatoms. The normalized spacial score (nSPS) is 25.8. The molecule has 0 fully saturated rings. The lowest BCUT2D eigenvalue weighted by Crippen LogP contribution is -2.41. The lowest BCUT2D eigenvalue weighted by atomic mass is 9.57. The van der Waals surface area contributed by atoms with E-state index >= 15 is 0 Å². The Labute approximate surface area is 146 Å². The summed E-state index contributed by atoms with van der Waals surface area (Å²) in [5.74, 6) is 0.888. The van der Waals surface area contributed by atoms with Gasteiger partial charge in [0, 0.05) is 11.3 Å². The van der Waals surface area contributed by atoms with Crippen LogP contribution in [0.4, 0.5) is 0 Å².